The van der Waals surface area contributed by atoms with Crippen molar-refractivity contribution in [3.8, 4) is 0 Å². The Kier molecular flexibility index (Phi) is 3.92. The summed E-state index contributed by atoms with van der Waals surface area (Å²) in [5.74, 6) is 0.507. The highest BCUT2D eigenvalue weighted by Gasteiger charge is 2.06. The molecule has 0 aliphatic carbocycles. The van der Waals surface area contributed by atoms with Crippen LogP contribution in [0.5, 0.6) is 0 Å². The van der Waals surface area contributed by atoms with E-state index in [9.17, 15) is 0 Å². The van der Waals surface area contributed by atoms with Gasteiger partial charge in [0.25, 0.3) is 0 Å². The minimum Gasteiger partial charge on any atom is -0.365 e. The van der Waals surface area contributed by atoms with Crippen LogP contribution in [0, 0.1) is 6.92 Å². The minimum absolute atomic E-state index is 0.443. The molecule has 0 aliphatic heterocycles. The number of pyridine rings is 1. The number of halogens is 2. The highest BCUT2D eigenvalue weighted by molar-refractivity contribution is 7.80. The first-order valence-corrected chi connectivity index (χ1v) is 5.02. The van der Waals surface area contributed by atoms with Crippen molar-refractivity contribution in [1.29, 1.82) is 0 Å². The highest BCUT2D eigenvalue weighted by Crippen LogP contribution is 2.25. The molecule has 0 saturated carbocycles. The standard InChI is InChI=1S/C8H9Cl2N3S/c1-4-5(9)3-6(10)7(12-4)13-8(14)11-2/h3H,1-2H3,(H2,11,12,13,14). The fraction of sp³-hybridized carbons (Fsp3) is 0.250. The van der Waals surface area contributed by atoms with Crippen molar-refractivity contribution in [1.82, 2.24) is 10.3 Å². The molecule has 3 nitrogen and oxygen atoms in total. The maximum absolute atomic E-state index is 5.91. The zero-order valence-electron chi connectivity index (χ0n) is 7.69. The largest absolute Gasteiger partial charge is 0.365 e. The fourth-order valence-corrected chi connectivity index (χ4v) is 1.32. The Labute approximate surface area is 97.8 Å². The number of hydrogen-bond acceptors (Lipinski definition) is 2. The molecule has 1 aromatic heterocycles. The van der Waals surface area contributed by atoms with Crippen molar-refractivity contribution in [3.63, 3.8) is 0 Å². The summed E-state index contributed by atoms with van der Waals surface area (Å²) in [7, 11) is 1.71. The van der Waals surface area contributed by atoms with Crippen molar-refractivity contribution in [2.45, 2.75) is 6.92 Å². The maximum Gasteiger partial charge on any atom is 0.171 e. The summed E-state index contributed by atoms with van der Waals surface area (Å²) in [5.41, 5.74) is 0.706. The quantitative estimate of drug-likeness (QED) is 0.751. The van der Waals surface area contributed by atoms with Crippen molar-refractivity contribution < 1.29 is 0 Å². The maximum atomic E-state index is 5.91. The van der Waals surface area contributed by atoms with E-state index in [-0.39, 0.29) is 0 Å². The van der Waals surface area contributed by atoms with Gasteiger partial charge in [0, 0.05) is 7.05 Å². The molecule has 0 fully saturated rings. The molecule has 6 heteroatoms. The van der Waals surface area contributed by atoms with Crippen LogP contribution in [0.15, 0.2) is 6.07 Å². The third-order valence-corrected chi connectivity index (χ3v) is 2.54. The predicted molar refractivity (Wildman–Crippen MR) is 64.3 cm³/mol. The molecule has 0 aliphatic rings. The monoisotopic (exact) mass is 249 g/mol. The van der Waals surface area contributed by atoms with Gasteiger partial charge < -0.3 is 10.6 Å². The van der Waals surface area contributed by atoms with Gasteiger partial charge in [0.1, 0.15) is 0 Å². The number of hydrogen-bond donors (Lipinski definition) is 2. The Morgan fingerprint density at radius 2 is 2.07 bits per heavy atom. The first-order valence-electron chi connectivity index (χ1n) is 3.86. The number of nitrogens with zero attached hydrogens (tertiary/aromatic N) is 1. The summed E-state index contributed by atoms with van der Waals surface area (Å²) >= 11 is 16.7. The highest BCUT2D eigenvalue weighted by atomic mass is 35.5. The van der Waals surface area contributed by atoms with Crippen molar-refractivity contribution in [2.24, 2.45) is 0 Å². The molecule has 0 aromatic carbocycles. The van der Waals surface area contributed by atoms with E-state index < -0.39 is 0 Å². The molecule has 1 rings (SSSR count). The summed E-state index contributed by atoms with van der Waals surface area (Å²) in [5, 5.41) is 7.05. The van der Waals surface area contributed by atoms with Crippen LogP contribution in [-0.4, -0.2) is 17.1 Å². The second-order valence-electron chi connectivity index (χ2n) is 2.59. The van der Waals surface area contributed by atoms with Crippen molar-refractivity contribution in [3.05, 3.63) is 21.8 Å². The molecule has 76 valence electrons. The summed E-state index contributed by atoms with van der Waals surface area (Å²) in [6, 6.07) is 1.63. The normalized spacial score (nSPS) is 9.71. The van der Waals surface area contributed by atoms with Crippen molar-refractivity contribution >= 4 is 46.4 Å². The second kappa shape index (κ2) is 4.77. The first-order chi connectivity index (χ1) is 6.54. The lowest BCUT2D eigenvalue weighted by Crippen LogP contribution is -2.24. The van der Waals surface area contributed by atoms with E-state index in [4.69, 9.17) is 35.4 Å². The van der Waals surface area contributed by atoms with Gasteiger partial charge in [-0.1, -0.05) is 23.2 Å². The van der Waals surface area contributed by atoms with E-state index >= 15 is 0 Å². The van der Waals surface area contributed by atoms with Gasteiger partial charge in [-0.15, -0.1) is 0 Å². The third kappa shape index (κ3) is 2.70. The van der Waals surface area contributed by atoms with E-state index in [0.717, 1.165) is 0 Å². The van der Waals surface area contributed by atoms with Gasteiger partial charge in [-0.3, -0.25) is 0 Å². The van der Waals surface area contributed by atoms with E-state index in [1.165, 1.54) is 0 Å². The van der Waals surface area contributed by atoms with Crippen LogP contribution in [0.2, 0.25) is 10.0 Å². The Morgan fingerprint density at radius 1 is 1.43 bits per heavy atom. The van der Waals surface area contributed by atoms with Crippen LogP contribution in [-0.2, 0) is 0 Å². The Hall–Kier alpha value is -0.580. The van der Waals surface area contributed by atoms with Crippen LogP contribution in [0.25, 0.3) is 0 Å². The van der Waals surface area contributed by atoms with Crippen LogP contribution in [0.1, 0.15) is 5.69 Å². The molecular formula is C8H9Cl2N3S. The Balaban J connectivity index is 2.98. The SMILES string of the molecule is CNC(=S)Nc1nc(C)c(Cl)cc1Cl. The average Bonchev–Trinajstić information content (AvgIpc) is 2.14. The van der Waals surface area contributed by atoms with Gasteiger partial charge in [-0.25, -0.2) is 4.98 Å². The fourth-order valence-electron chi connectivity index (χ4n) is 0.816. The number of anilines is 1. The number of nitrogens with one attached hydrogen (secondary N) is 2. The Morgan fingerprint density at radius 3 is 2.64 bits per heavy atom. The number of rotatable bonds is 1. The molecule has 0 atom stereocenters. The van der Waals surface area contributed by atoms with Gasteiger partial charge in [0.2, 0.25) is 0 Å². The van der Waals surface area contributed by atoms with Gasteiger partial charge in [0.15, 0.2) is 10.9 Å². The second-order valence-corrected chi connectivity index (χ2v) is 3.81. The zero-order valence-corrected chi connectivity index (χ0v) is 10.0. The summed E-state index contributed by atoms with van der Waals surface area (Å²) in [6.07, 6.45) is 0. The number of aryl methyl sites for hydroxylation is 1. The van der Waals surface area contributed by atoms with Gasteiger partial charge >= 0.3 is 0 Å². The molecule has 0 bridgehead atoms. The average molecular weight is 250 g/mol. The number of aromatic nitrogens is 1. The molecule has 0 unspecified atom stereocenters. The van der Waals surface area contributed by atoms with Crippen molar-refractivity contribution in [2.75, 3.05) is 12.4 Å². The van der Waals surface area contributed by atoms with Gasteiger partial charge in [0.05, 0.1) is 15.7 Å². The van der Waals surface area contributed by atoms with E-state index in [2.05, 4.69) is 15.6 Å². The van der Waals surface area contributed by atoms with Gasteiger partial charge in [-0.2, -0.15) is 0 Å². The lowest BCUT2D eigenvalue weighted by Gasteiger charge is -2.09. The molecule has 2 N–H and O–H groups in total. The topological polar surface area (TPSA) is 37.0 Å². The molecule has 1 heterocycles. The van der Waals surface area contributed by atoms with Crippen LogP contribution >= 0.6 is 35.4 Å². The first kappa shape index (κ1) is 11.5. The zero-order chi connectivity index (χ0) is 10.7. The lowest BCUT2D eigenvalue weighted by atomic mass is 10.3. The minimum atomic E-state index is 0.443. The van der Waals surface area contributed by atoms with Crippen LogP contribution in [0.3, 0.4) is 0 Å². The van der Waals surface area contributed by atoms with E-state index in [1.807, 2.05) is 0 Å². The molecule has 0 radical (unpaired) electrons. The summed E-state index contributed by atoms with van der Waals surface area (Å²) < 4.78 is 0. The third-order valence-electron chi connectivity index (χ3n) is 1.56. The molecule has 0 saturated heterocycles. The molecule has 14 heavy (non-hydrogen) atoms. The van der Waals surface area contributed by atoms with Crippen LogP contribution in [0.4, 0.5) is 5.82 Å². The van der Waals surface area contributed by atoms with E-state index in [0.29, 0.717) is 26.7 Å². The molecule has 1 aromatic rings. The smallest absolute Gasteiger partial charge is 0.171 e. The Bertz CT molecular complexity index is 368. The predicted octanol–water partition coefficient (Wildman–Crippen LogP) is 2.61. The summed E-state index contributed by atoms with van der Waals surface area (Å²) in [6.45, 7) is 1.80. The van der Waals surface area contributed by atoms with Crippen LogP contribution < -0.4 is 10.6 Å². The summed E-state index contributed by atoms with van der Waals surface area (Å²) in [4.78, 5) is 4.16. The molecule has 0 amide bonds. The van der Waals surface area contributed by atoms with Gasteiger partial charge in [-0.05, 0) is 25.2 Å². The lowest BCUT2D eigenvalue weighted by molar-refractivity contribution is 1.16. The van der Waals surface area contributed by atoms with E-state index in [1.54, 1.807) is 20.0 Å². The number of thiocarbonyl (C=S) groups is 1. The molecular weight excluding hydrogens is 241 g/mol. The molecule has 0 spiro atoms.